The highest BCUT2D eigenvalue weighted by Crippen LogP contribution is 2.27. The van der Waals surface area contributed by atoms with E-state index in [0.29, 0.717) is 4.90 Å². The van der Waals surface area contributed by atoms with Gasteiger partial charge in [-0.1, -0.05) is 18.2 Å². The molecule has 1 saturated heterocycles. The van der Waals surface area contributed by atoms with Gasteiger partial charge in [0.15, 0.2) is 12.4 Å². The number of amides is 1. The molecule has 1 heterocycles. The zero-order valence-corrected chi connectivity index (χ0v) is 18.4. The van der Waals surface area contributed by atoms with Gasteiger partial charge in [0.05, 0.1) is 9.82 Å². The zero-order valence-electron chi connectivity index (χ0n) is 17.6. The molecule has 0 saturated carbocycles. The van der Waals surface area contributed by atoms with Crippen LogP contribution < -0.4 is 4.74 Å². The van der Waals surface area contributed by atoms with Gasteiger partial charge < -0.3 is 9.64 Å². The molecule has 0 bridgehead atoms. The molecule has 0 N–H and O–H groups in total. The van der Waals surface area contributed by atoms with Gasteiger partial charge in [0.1, 0.15) is 0 Å². The van der Waals surface area contributed by atoms with E-state index in [0.717, 1.165) is 31.2 Å². The highest BCUT2D eigenvalue weighted by Gasteiger charge is 2.31. The predicted molar refractivity (Wildman–Crippen MR) is 117 cm³/mol. The van der Waals surface area contributed by atoms with Crippen LogP contribution in [0.3, 0.4) is 0 Å². The van der Waals surface area contributed by atoms with Crippen molar-refractivity contribution in [3.63, 3.8) is 0 Å². The van der Waals surface area contributed by atoms with Gasteiger partial charge in [0.25, 0.3) is 5.91 Å². The first-order chi connectivity index (χ1) is 15.4. The summed E-state index contributed by atoms with van der Waals surface area (Å²) in [6.07, 6.45) is 4.10. The smallest absolute Gasteiger partial charge is 0.310 e. The Kier molecular flexibility index (Phi) is 6.43. The zero-order chi connectivity index (χ0) is 22.7. The van der Waals surface area contributed by atoms with Crippen LogP contribution in [0.15, 0.2) is 47.4 Å². The quantitative estimate of drug-likeness (QED) is 0.485. The largest absolute Gasteiger partial charge is 0.477 e. The van der Waals surface area contributed by atoms with Crippen LogP contribution in [0.25, 0.3) is 0 Å². The molecular weight excluding hydrogens is 434 g/mol. The van der Waals surface area contributed by atoms with E-state index in [4.69, 9.17) is 4.74 Å². The van der Waals surface area contributed by atoms with Crippen LogP contribution in [0.4, 0.5) is 5.69 Å². The first kappa shape index (κ1) is 22.2. The van der Waals surface area contributed by atoms with Gasteiger partial charge >= 0.3 is 5.69 Å². The molecule has 0 aromatic heterocycles. The summed E-state index contributed by atoms with van der Waals surface area (Å²) in [5, 5.41) is 11.1. The molecule has 0 radical (unpaired) electrons. The number of nitro benzene ring substituents is 1. The fraction of sp³-hybridized carbons (Fsp3) is 0.409. The Morgan fingerprint density at radius 1 is 1.00 bits per heavy atom. The molecule has 0 unspecified atom stereocenters. The maximum absolute atomic E-state index is 13.1. The summed E-state index contributed by atoms with van der Waals surface area (Å²) < 4.78 is 33.0. The number of fused-ring (bicyclic) bond motifs is 1. The number of ether oxygens (including phenoxy) is 1. The molecule has 1 amide bonds. The molecule has 0 atom stereocenters. The Morgan fingerprint density at radius 2 is 1.69 bits per heavy atom. The molecule has 1 fully saturated rings. The minimum atomic E-state index is -3.63. The maximum Gasteiger partial charge on any atom is 0.310 e. The molecule has 9 nitrogen and oxygen atoms in total. The minimum absolute atomic E-state index is 0.0273. The maximum atomic E-state index is 13.1. The lowest BCUT2D eigenvalue weighted by Gasteiger charge is -2.34. The average Bonchev–Trinajstić information content (AvgIpc) is 2.82. The van der Waals surface area contributed by atoms with Gasteiger partial charge in [-0.2, -0.15) is 4.31 Å². The summed E-state index contributed by atoms with van der Waals surface area (Å²) in [7, 11) is -3.63. The third kappa shape index (κ3) is 4.61. The van der Waals surface area contributed by atoms with E-state index in [-0.39, 0.29) is 50.1 Å². The predicted octanol–water partition coefficient (Wildman–Crippen LogP) is 2.39. The van der Waals surface area contributed by atoms with Gasteiger partial charge in [-0.25, -0.2) is 8.42 Å². The van der Waals surface area contributed by atoms with E-state index < -0.39 is 14.9 Å². The van der Waals surface area contributed by atoms with Crippen molar-refractivity contribution in [1.82, 2.24) is 9.21 Å². The molecule has 2 aromatic carbocycles. The van der Waals surface area contributed by atoms with Crippen LogP contribution in [0.2, 0.25) is 0 Å². The van der Waals surface area contributed by atoms with Crippen LogP contribution >= 0.6 is 0 Å². The van der Waals surface area contributed by atoms with Crippen LogP contribution in [0.1, 0.15) is 24.0 Å². The third-order valence-corrected chi connectivity index (χ3v) is 7.86. The van der Waals surface area contributed by atoms with E-state index in [1.165, 1.54) is 33.0 Å². The number of nitro groups is 1. The first-order valence-electron chi connectivity index (χ1n) is 10.6. The van der Waals surface area contributed by atoms with Gasteiger partial charge in [0, 0.05) is 32.2 Å². The summed E-state index contributed by atoms with van der Waals surface area (Å²) in [5.74, 6) is -0.312. The number of nitrogens with zero attached hydrogens (tertiary/aromatic N) is 3. The van der Waals surface area contributed by atoms with Crippen molar-refractivity contribution in [2.45, 2.75) is 30.6 Å². The SMILES string of the molecule is O=C(COc1ccccc1[N+](=O)[O-])N1CCN(S(=O)(=O)c2ccc3c(c2)CCCC3)CC1. The van der Waals surface area contributed by atoms with Crippen LogP contribution in [0, 0.1) is 10.1 Å². The third-order valence-electron chi connectivity index (χ3n) is 5.96. The molecule has 1 aliphatic carbocycles. The highest BCUT2D eigenvalue weighted by molar-refractivity contribution is 7.89. The van der Waals surface area contributed by atoms with E-state index in [1.54, 1.807) is 18.2 Å². The Labute approximate surface area is 186 Å². The van der Waals surface area contributed by atoms with Crippen LogP contribution in [0.5, 0.6) is 5.75 Å². The average molecular weight is 460 g/mol. The second-order valence-electron chi connectivity index (χ2n) is 7.94. The number of para-hydroxylation sites is 2. The van der Waals surface area contributed by atoms with Crippen molar-refractivity contribution in [1.29, 1.82) is 0 Å². The van der Waals surface area contributed by atoms with Crippen molar-refractivity contribution in [3.05, 3.63) is 63.7 Å². The van der Waals surface area contributed by atoms with E-state index in [9.17, 15) is 23.3 Å². The van der Waals surface area contributed by atoms with Crippen LogP contribution in [-0.2, 0) is 27.7 Å². The van der Waals surface area contributed by atoms with E-state index in [2.05, 4.69) is 0 Å². The highest BCUT2D eigenvalue weighted by atomic mass is 32.2. The number of rotatable bonds is 6. The molecule has 2 aromatic rings. The molecule has 32 heavy (non-hydrogen) atoms. The Morgan fingerprint density at radius 3 is 2.41 bits per heavy atom. The second kappa shape index (κ2) is 9.25. The molecular formula is C22H25N3O6S. The normalized spacial score (nSPS) is 16.9. The van der Waals surface area contributed by atoms with E-state index >= 15 is 0 Å². The van der Waals surface area contributed by atoms with Gasteiger partial charge in [-0.05, 0) is 55.0 Å². The molecule has 0 spiro atoms. The Hall–Kier alpha value is -2.98. The number of carbonyl (C=O) groups excluding carboxylic acids is 1. The Bertz CT molecular complexity index is 1130. The number of hydrogen-bond donors (Lipinski definition) is 0. The summed E-state index contributed by atoms with van der Waals surface area (Å²) in [4.78, 5) is 24.8. The number of carbonyl (C=O) groups is 1. The van der Waals surface area contributed by atoms with Crippen molar-refractivity contribution in [2.75, 3.05) is 32.8 Å². The first-order valence-corrected chi connectivity index (χ1v) is 12.1. The summed E-state index contributed by atoms with van der Waals surface area (Å²) in [6.45, 7) is 0.516. The Balaban J connectivity index is 1.35. The number of benzene rings is 2. The van der Waals surface area contributed by atoms with Crippen LogP contribution in [-0.4, -0.2) is 61.2 Å². The van der Waals surface area contributed by atoms with Gasteiger partial charge in [-0.15, -0.1) is 0 Å². The number of hydrogen-bond acceptors (Lipinski definition) is 6. The van der Waals surface area contributed by atoms with Crippen molar-refractivity contribution in [3.8, 4) is 5.75 Å². The monoisotopic (exact) mass is 459 g/mol. The molecule has 1 aliphatic heterocycles. The summed E-state index contributed by atoms with van der Waals surface area (Å²) >= 11 is 0. The van der Waals surface area contributed by atoms with Gasteiger partial charge in [0.2, 0.25) is 10.0 Å². The standard InChI is InChI=1S/C22H25N3O6S/c26-22(16-31-21-8-4-3-7-20(21)25(27)28)23-11-13-24(14-12-23)32(29,30)19-10-9-17-5-1-2-6-18(17)15-19/h3-4,7-10,15H,1-2,5-6,11-14,16H2. The lowest BCUT2D eigenvalue weighted by Crippen LogP contribution is -2.51. The lowest BCUT2D eigenvalue weighted by molar-refractivity contribution is -0.385. The minimum Gasteiger partial charge on any atom is -0.477 e. The molecule has 2 aliphatic rings. The van der Waals surface area contributed by atoms with Crippen molar-refractivity contribution >= 4 is 21.6 Å². The van der Waals surface area contributed by atoms with Crippen molar-refractivity contribution < 1.29 is 22.9 Å². The fourth-order valence-corrected chi connectivity index (χ4v) is 5.63. The lowest BCUT2D eigenvalue weighted by atomic mass is 9.92. The second-order valence-corrected chi connectivity index (χ2v) is 9.87. The van der Waals surface area contributed by atoms with Gasteiger partial charge in [-0.3, -0.25) is 14.9 Å². The summed E-state index contributed by atoms with van der Waals surface area (Å²) in [5.41, 5.74) is 2.13. The van der Waals surface area contributed by atoms with Crippen molar-refractivity contribution in [2.24, 2.45) is 0 Å². The summed E-state index contributed by atoms with van der Waals surface area (Å²) in [6, 6.07) is 11.3. The fourth-order valence-electron chi connectivity index (χ4n) is 4.16. The molecule has 10 heteroatoms. The number of piperazine rings is 1. The molecule has 4 rings (SSSR count). The molecule has 170 valence electrons. The number of sulfonamides is 1. The topological polar surface area (TPSA) is 110 Å². The van der Waals surface area contributed by atoms with E-state index in [1.807, 2.05) is 6.07 Å². The number of aryl methyl sites for hydroxylation is 2.